The van der Waals surface area contributed by atoms with E-state index in [1.165, 1.54) is 4.31 Å². The molecule has 9 heteroatoms. The van der Waals surface area contributed by atoms with Gasteiger partial charge in [0.05, 0.1) is 16.0 Å². The number of fused-ring (bicyclic) bond motifs is 1. The SMILES string of the molecule is CCCN(C)S(=O)(=O)c1ccc(-c2cccc(NC(=O)C3(c4ccc5c(c4)OCO5)CC3)n2)cc1.[HH]. The maximum absolute atomic E-state index is 13.2. The van der Waals surface area contributed by atoms with E-state index in [2.05, 4.69) is 10.3 Å². The van der Waals surface area contributed by atoms with Crippen molar-refractivity contribution in [1.29, 1.82) is 0 Å². The number of rotatable bonds is 8. The molecule has 5 rings (SSSR count). The number of hydrogen-bond donors (Lipinski definition) is 1. The molecule has 1 amide bonds. The summed E-state index contributed by atoms with van der Waals surface area (Å²) in [4.78, 5) is 18.1. The molecule has 2 aliphatic rings. The number of carbonyl (C=O) groups is 1. The van der Waals surface area contributed by atoms with Crippen molar-refractivity contribution in [3.8, 4) is 22.8 Å². The van der Waals surface area contributed by atoms with Crippen molar-refractivity contribution in [1.82, 2.24) is 9.29 Å². The summed E-state index contributed by atoms with van der Waals surface area (Å²) >= 11 is 0. The summed E-state index contributed by atoms with van der Waals surface area (Å²) in [5, 5.41) is 2.96. The molecule has 1 aromatic heterocycles. The maximum atomic E-state index is 13.2. The second-order valence-electron chi connectivity index (χ2n) is 8.86. The van der Waals surface area contributed by atoms with Crippen LogP contribution in [0.4, 0.5) is 5.82 Å². The molecular formula is C26H29N3O5S. The smallest absolute Gasteiger partial charge is 0.242 e. The number of sulfonamides is 1. The van der Waals surface area contributed by atoms with Crippen molar-refractivity contribution in [3.05, 3.63) is 66.2 Å². The third kappa shape index (κ3) is 4.37. The first-order valence-electron chi connectivity index (χ1n) is 11.6. The molecular weight excluding hydrogens is 466 g/mol. The molecule has 35 heavy (non-hydrogen) atoms. The molecule has 2 heterocycles. The topological polar surface area (TPSA) is 97.8 Å². The van der Waals surface area contributed by atoms with E-state index in [4.69, 9.17) is 9.47 Å². The van der Waals surface area contributed by atoms with E-state index in [0.29, 0.717) is 29.6 Å². The molecule has 184 valence electrons. The van der Waals surface area contributed by atoms with Crippen LogP contribution < -0.4 is 14.8 Å². The lowest BCUT2D eigenvalue weighted by molar-refractivity contribution is -0.118. The summed E-state index contributed by atoms with van der Waals surface area (Å²) in [6, 6.07) is 17.7. The predicted octanol–water partition coefficient (Wildman–Crippen LogP) is 4.42. The molecule has 0 saturated heterocycles. The molecule has 1 saturated carbocycles. The maximum Gasteiger partial charge on any atom is 0.242 e. The highest BCUT2D eigenvalue weighted by Gasteiger charge is 2.51. The van der Waals surface area contributed by atoms with Gasteiger partial charge in [0.2, 0.25) is 22.7 Å². The van der Waals surface area contributed by atoms with Gasteiger partial charge in [0, 0.05) is 20.6 Å². The Kier molecular flexibility index (Phi) is 5.98. The zero-order valence-corrected chi connectivity index (χ0v) is 20.5. The fraction of sp³-hybridized carbons (Fsp3) is 0.308. The fourth-order valence-electron chi connectivity index (χ4n) is 4.28. The molecule has 1 N–H and O–H groups in total. The molecule has 0 radical (unpaired) electrons. The van der Waals surface area contributed by atoms with E-state index in [9.17, 15) is 13.2 Å². The first-order valence-corrected chi connectivity index (χ1v) is 13.0. The second-order valence-corrected chi connectivity index (χ2v) is 10.9. The van der Waals surface area contributed by atoms with Gasteiger partial charge in [-0.15, -0.1) is 0 Å². The Balaban J connectivity index is 0.00000304. The van der Waals surface area contributed by atoms with Gasteiger partial charge in [-0.1, -0.05) is 31.2 Å². The third-order valence-electron chi connectivity index (χ3n) is 6.50. The van der Waals surface area contributed by atoms with Crippen molar-refractivity contribution in [2.45, 2.75) is 36.5 Å². The Morgan fingerprint density at radius 3 is 2.54 bits per heavy atom. The summed E-state index contributed by atoms with van der Waals surface area (Å²) in [5.74, 6) is 1.68. The lowest BCUT2D eigenvalue weighted by Gasteiger charge is -2.17. The molecule has 0 atom stereocenters. The number of nitrogens with one attached hydrogen (secondary N) is 1. The number of pyridine rings is 1. The van der Waals surface area contributed by atoms with Crippen molar-refractivity contribution in [2.24, 2.45) is 0 Å². The number of aromatic nitrogens is 1. The lowest BCUT2D eigenvalue weighted by Crippen LogP contribution is -2.28. The first kappa shape index (κ1) is 23.3. The fourth-order valence-corrected chi connectivity index (χ4v) is 5.54. The monoisotopic (exact) mass is 495 g/mol. The van der Waals surface area contributed by atoms with Crippen LogP contribution in [0.1, 0.15) is 33.2 Å². The average molecular weight is 496 g/mol. The van der Waals surface area contributed by atoms with Gasteiger partial charge in [0.15, 0.2) is 11.5 Å². The number of anilines is 1. The predicted molar refractivity (Wildman–Crippen MR) is 134 cm³/mol. The Labute approximate surface area is 206 Å². The Hall–Kier alpha value is -3.43. The minimum Gasteiger partial charge on any atom is -0.454 e. The minimum atomic E-state index is -3.52. The number of ether oxygens (including phenoxy) is 2. The van der Waals surface area contributed by atoms with Crippen LogP contribution in [-0.4, -0.2) is 44.0 Å². The molecule has 2 aromatic carbocycles. The van der Waals surface area contributed by atoms with Crippen LogP contribution in [0.3, 0.4) is 0 Å². The number of hydrogen-bond acceptors (Lipinski definition) is 6. The molecule has 3 aromatic rings. The number of nitrogens with zero attached hydrogens (tertiary/aromatic N) is 2. The lowest BCUT2D eigenvalue weighted by atomic mass is 9.94. The summed E-state index contributed by atoms with van der Waals surface area (Å²) in [6.45, 7) is 2.59. The van der Waals surface area contributed by atoms with Crippen LogP contribution >= 0.6 is 0 Å². The molecule has 1 aliphatic heterocycles. The van der Waals surface area contributed by atoms with Crippen LogP contribution in [0.5, 0.6) is 11.5 Å². The Morgan fingerprint density at radius 2 is 1.83 bits per heavy atom. The molecule has 0 spiro atoms. The summed E-state index contributed by atoms with van der Waals surface area (Å²) in [5.41, 5.74) is 1.70. The van der Waals surface area contributed by atoms with E-state index >= 15 is 0 Å². The van der Waals surface area contributed by atoms with Crippen LogP contribution in [0.15, 0.2) is 65.6 Å². The van der Waals surface area contributed by atoms with E-state index in [1.807, 2.05) is 37.3 Å². The van der Waals surface area contributed by atoms with Gasteiger partial charge in [-0.25, -0.2) is 17.7 Å². The van der Waals surface area contributed by atoms with Gasteiger partial charge >= 0.3 is 0 Å². The van der Waals surface area contributed by atoms with E-state index in [-0.39, 0.29) is 19.0 Å². The van der Waals surface area contributed by atoms with Gasteiger partial charge < -0.3 is 14.8 Å². The minimum absolute atomic E-state index is 0. The van der Waals surface area contributed by atoms with Crippen molar-refractivity contribution >= 4 is 21.7 Å². The first-order chi connectivity index (χ1) is 16.8. The normalized spacial score (nSPS) is 15.7. The van der Waals surface area contributed by atoms with Crippen LogP contribution in [0, 0.1) is 0 Å². The quantitative estimate of drug-likeness (QED) is 0.497. The zero-order chi connectivity index (χ0) is 24.6. The summed E-state index contributed by atoms with van der Waals surface area (Å²) < 4.78 is 37.5. The van der Waals surface area contributed by atoms with Crippen LogP contribution in [-0.2, 0) is 20.2 Å². The highest BCUT2D eigenvalue weighted by Crippen LogP contribution is 2.51. The van der Waals surface area contributed by atoms with Gasteiger partial charge in [0.1, 0.15) is 5.82 Å². The summed E-state index contributed by atoms with van der Waals surface area (Å²) in [7, 11) is -1.94. The van der Waals surface area contributed by atoms with Crippen molar-refractivity contribution in [2.75, 3.05) is 25.7 Å². The molecule has 1 aliphatic carbocycles. The number of amides is 1. The number of benzene rings is 2. The van der Waals surface area contributed by atoms with Gasteiger partial charge in [-0.05, 0) is 61.2 Å². The number of carbonyl (C=O) groups excluding carboxylic acids is 1. The van der Waals surface area contributed by atoms with Gasteiger partial charge in [-0.3, -0.25) is 4.79 Å². The van der Waals surface area contributed by atoms with Crippen molar-refractivity contribution < 1.29 is 24.1 Å². The van der Waals surface area contributed by atoms with E-state index in [0.717, 1.165) is 30.4 Å². The molecule has 0 unspecified atom stereocenters. The van der Waals surface area contributed by atoms with Crippen molar-refractivity contribution in [3.63, 3.8) is 0 Å². The molecule has 8 nitrogen and oxygen atoms in total. The third-order valence-corrected chi connectivity index (χ3v) is 8.37. The van der Waals surface area contributed by atoms with Crippen LogP contribution in [0.25, 0.3) is 11.3 Å². The van der Waals surface area contributed by atoms with Crippen LogP contribution in [0.2, 0.25) is 0 Å². The van der Waals surface area contributed by atoms with Gasteiger partial charge in [-0.2, -0.15) is 0 Å². The highest BCUT2D eigenvalue weighted by atomic mass is 32.2. The largest absolute Gasteiger partial charge is 0.454 e. The summed E-state index contributed by atoms with van der Waals surface area (Å²) in [6.07, 6.45) is 2.24. The Bertz CT molecular complexity index is 1370. The highest BCUT2D eigenvalue weighted by molar-refractivity contribution is 7.89. The second kappa shape index (κ2) is 8.98. The van der Waals surface area contributed by atoms with E-state index < -0.39 is 15.4 Å². The standard InChI is InChI=1S/C26H27N3O5S.H2/c1-3-15-29(2)35(31,32)20-10-7-18(8-11-20)21-5-4-6-24(27-21)28-25(30)26(13-14-26)19-9-12-22-23(16-19)34-17-33-22;/h4-12,16H,3,13-15,17H2,1-2H3,(H,27,28,30);1H. The molecule has 0 bridgehead atoms. The average Bonchev–Trinajstić information content (AvgIpc) is 3.55. The zero-order valence-electron chi connectivity index (χ0n) is 19.7. The van der Waals surface area contributed by atoms with Gasteiger partial charge in [0.25, 0.3) is 0 Å². The van der Waals surface area contributed by atoms with E-state index in [1.54, 1.807) is 37.4 Å². The Morgan fingerprint density at radius 1 is 1.09 bits per heavy atom. The molecule has 1 fully saturated rings.